The number of morpholine rings is 1. The van der Waals surface area contributed by atoms with Crippen LogP contribution in [0.1, 0.15) is 6.92 Å². The van der Waals surface area contributed by atoms with E-state index in [1.165, 1.54) is 9.34 Å². The van der Waals surface area contributed by atoms with Gasteiger partial charge in [-0.15, -0.1) is 0 Å². The summed E-state index contributed by atoms with van der Waals surface area (Å²) in [5, 5.41) is 0. The van der Waals surface area contributed by atoms with Gasteiger partial charge in [-0.2, -0.15) is 0 Å². The van der Waals surface area contributed by atoms with Crippen molar-refractivity contribution < 1.29 is 28.1 Å². The van der Waals surface area contributed by atoms with Gasteiger partial charge in [0.15, 0.2) is 0 Å². The number of amides is 1. The molecule has 0 saturated carbocycles. The molecule has 0 spiro atoms. The van der Waals surface area contributed by atoms with E-state index in [0.29, 0.717) is 32.7 Å². The van der Waals surface area contributed by atoms with E-state index in [4.69, 9.17) is 9.26 Å². The molecule has 2 aliphatic heterocycles. The van der Waals surface area contributed by atoms with Crippen LogP contribution in [-0.4, -0.2) is 121 Å². The normalized spacial score (nSPS) is 29.6. The van der Waals surface area contributed by atoms with E-state index >= 15 is 0 Å². The molecular formula is C15H33N5O6P2. The number of carbonyl (C=O) groups is 1. The molecular weight excluding hydrogens is 408 g/mol. The van der Waals surface area contributed by atoms with Gasteiger partial charge in [0.25, 0.3) is 0 Å². The lowest BCUT2D eigenvalue weighted by Gasteiger charge is -2.42. The number of nitrogens with zero attached hydrogens (tertiary/aromatic N) is 5. The van der Waals surface area contributed by atoms with Crippen molar-refractivity contribution in [1.82, 2.24) is 23.6 Å². The number of rotatable bonds is 8. The first kappa shape index (κ1) is 23.9. The summed E-state index contributed by atoms with van der Waals surface area (Å²) in [7, 11) is -0.412. The van der Waals surface area contributed by atoms with E-state index in [2.05, 4.69) is 0 Å². The standard InChI is InChI=1S/C15H33N5O6P2/c1-14-10-20(27(22,23)16(2)3)11-15(26-14)12-25-28(24,17(4)5)19-8-6-18(13-21)7-9-19/h13-15H,6-12H2,1-5H3,(H,22,23)/t14-,15-,28?/m0/s1. The van der Waals surface area contributed by atoms with Gasteiger partial charge in [-0.05, 0) is 35.1 Å². The molecule has 0 bridgehead atoms. The van der Waals surface area contributed by atoms with Crippen LogP contribution in [0, 0.1) is 0 Å². The van der Waals surface area contributed by atoms with Crippen LogP contribution in [0.2, 0.25) is 0 Å². The summed E-state index contributed by atoms with van der Waals surface area (Å²) >= 11 is 0. The molecule has 28 heavy (non-hydrogen) atoms. The first-order valence-corrected chi connectivity index (χ1v) is 12.4. The zero-order valence-corrected chi connectivity index (χ0v) is 19.1. The Labute approximate surface area is 167 Å². The SMILES string of the molecule is C[C@H]1CN(P(=O)(O)N(C)C)C[C@@H](COP(=O)(N(C)C)N2CCN(C=O)CC2)O1. The van der Waals surface area contributed by atoms with Gasteiger partial charge in [0.1, 0.15) is 0 Å². The van der Waals surface area contributed by atoms with Crippen LogP contribution in [0.25, 0.3) is 0 Å². The summed E-state index contributed by atoms with van der Waals surface area (Å²) < 4.78 is 44.0. The Morgan fingerprint density at radius 3 is 2.18 bits per heavy atom. The summed E-state index contributed by atoms with van der Waals surface area (Å²) in [5.41, 5.74) is 0. The number of ether oxygens (including phenoxy) is 1. The van der Waals surface area contributed by atoms with Crippen molar-refractivity contribution >= 4 is 21.8 Å². The first-order valence-electron chi connectivity index (χ1n) is 9.29. The average Bonchev–Trinajstić information content (AvgIpc) is 2.65. The van der Waals surface area contributed by atoms with E-state index in [-0.39, 0.29) is 19.3 Å². The van der Waals surface area contributed by atoms with Crippen molar-refractivity contribution in [3.8, 4) is 0 Å². The lowest BCUT2D eigenvalue weighted by Crippen LogP contribution is -2.49. The number of hydrogen-bond donors (Lipinski definition) is 1. The smallest absolute Gasteiger partial charge is 0.345 e. The molecule has 4 atom stereocenters. The highest BCUT2D eigenvalue weighted by Crippen LogP contribution is 2.53. The van der Waals surface area contributed by atoms with Gasteiger partial charge in [-0.3, -0.25) is 13.9 Å². The fraction of sp³-hybridized carbons (Fsp3) is 0.933. The van der Waals surface area contributed by atoms with Crippen molar-refractivity contribution in [2.45, 2.75) is 19.1 Å². The van der Waals surface area contributed by atoms with Gasteiger partial charge in [-0.1, -0.05) is 0 Å². The molecule has 13 heteroatoms. The quantitative estimate of drug-likeness (QED) is 0.415. The van der Waals surface area contributed by atoms with Crippen LogP contribution in [0.15, 0.2) is 0 Å². The van der Waals surface area contributed by atoms with Gasteiger partial charge >= 0.3 is 15.3 Å². The first-order chi connectivity index (χ1) is 13.0. The fourth-order valence-corrected chi connectivity index (χ4v) is 6.57. The zero-order valence-electron chi connectivity index (χ0n) is 17.3. The van der Waals surface area contributed by atoms with Crippen LogP contribution in [0.3, 0.4) is 0 Å². The van der Waals surface area contributed by atoms with Gasteiger partial charge in [0.2, 0.25) is 6.41 Å². The molecule has 0 aromatic heterocycles. The molecule has 2 heterocycles. The molecule has 0 radical (unpaired) electrons. The second-order valence-corrected chi connectivity index (χ2v) is 12.5. The molecule has 1 amide bonds. The summed E-state index contributed by atoms with van der Waals surface area (Å²) in [4.78, 5) is 22.9. The highest BCUT2D eigenvalue weighted by atomic mass is 31.2. The summed E-state index contributed by atoms with van der Waals surface area (Å²) in [6.07, 6.45) is 0.0640. The van der Waals surface area contributed by atoms with Gasteiger partial charge in [0, 0.05) is 39.3 Å². The molecule has 2 saturated heterocycles. The molecule has 2 aliphatic rings. The largest absolute Gasteiger partial charge is 0.370 e. The predicted molar refractivity (Wildman–Crippen MR) is 106 cm³/mol. The molecule has 0 aromatic carbocycles. The Morgan fingerprint density at radius 2 is 1.68 bits per heavy atom. The molecule has 11 nitrogen and oxygen atoms in total. The van der Waals surface area contributed by atoms with Crippen molar-refractivity contribution in [2.24, 2.45) is 0 Å². The second kappa shape index (κ2) is 9.64. The molecule has 2 rings (SSSR count). The lowest BCUT2D eigenvalue weighted by molar-refractivity contribution is -0.119. The van der Waals surface area contributed by atoms with Crippen molar-refractivity contribution in [3.05, 3.63) is 0 Å². The minimum absolute atomic E-state index is 0.0393. The van der Waals surface area contributed by atoms with Gasteiger partial charge in [0.05, 0.1) is 18.8 Å². The van der Waals surface area contributed by atoms with E-state index in [0.717, 1.165) is 6.41 Å². The van der Waals surface area contributed by atoms with E-state index in [1.807, 2.05) is 6.92 Å². The summed E-state index contributed by atoms with van der Waals surface area (Å²) in [6.45, 7) is 4.31. The van der Waals surface area contributed by atoms with Crippen molar-refractivity contribution in [1.29, 1.82) is 0 Å². The van der Waals surface area contributed by atoms with Crippen LogP contribution < -0.4 is 0 Å². The number of piperazine rings is 1. The topological polar surface area (TPSA) is 106 Å². The maximum Gasteiger partial charge on any atom is 0.345 e. The minimum Gasteiger partial charge on any atom is -0.370 e. The third-order valence-electron chi connectivity index (χ3n) is 4.93. The Hall–Kier alpha value is -0.350. The number of hydrogen-bond acceptors (Lipinski definition) is 5. The average molecular weight is 441 g/mol. The minimum atomic E-state index is -3.63. The van der Waals surface area contributed by atoms with E-state index < -0.39 is 21.4 Å². The van der Waals surface area contributed by atoms with Crippen LogP contribution in [0.4, 0.5) is 0 Å². The van der Waals surface area contributed by atoms with E-state index in [1.54, 1.807) is 42.4 Å². The van der Waals surface area contributed by atoms with Crippen LogP contribution in [-0.2, 0) is 23.2 Å². The third kappa shape index (κ3) is 5.41. The summed E-state index contributed by atoms with van der Waals surface area (Å²) in [6, 6.07) is 0. The molecule has 2 fully saturated rings. The lowest BCUT2D eigenvalue weighted by atomic mass is 10.2. The maximum absolute atomic E-state index is 13.5. The maximum atomic E-state index is 13.5. The summed E-state index contributed by atoms with van der Waals surface area (Å²) in [5.74, 6) is 0. The second-order valence-electron chi connectivity index (χ2n) is 7.53. The van der Waals surface area contributed by atoms with Crippen LogP contribution in [0.5, 0.6) is 0 Å². The predicted octanol–water partition coefficient (Wildman–Crippen LogP) is 0.198. The molecule has 1 N–H and O–H groups in total. The Morgan fingerprint density at radius 1 is 1.07 bits per heavy atom. The zero-order chi connectivity index (χ0) is 21.1. The van der Waals surface area contributed by atoms with Crippen molar-refractivity contribution in [3.63, 3.8) is 0 Å². The molecule has 164 valence electrons. The monoisotopic (exact) mass is 441 g/mol. The van der Waals surface area contributed by atoms with Crippen molar-refractivity contribution in [2.75, 3.05) is 74.1 Å². The van der Waals surface area contributed by atoms with Crippen LogP contribution >= 0.6 is 15.3 Å². The Balaban J connectivity index is 2.03. The van der Waals surface area contributed by atoms with E-state index in [9.17, 15) is 18.8 Å². The molecule has 2 unspecified atom stereocenters. The van der Waals surface area contributed by atoms with Gasteiger partial charge < -0.3 is 19.1 Å². The number of carbonyl (C=O) groups excluding carboxylic acids is 1. The highest BCUT2D eigenvalue weighted by Gasteiger charge is 2.41. The highest BCUT2D eigenvalue weighted by molar-refractivity contribution is 7.54. The fourth-order valence-electron chi connectivity index (χ4n) is 3.28. The van der Waals surface area contributed by atoms with Gasteiger partial charge in [-0.25, -0.2) is 18.7 Å². The Kier molecular flexibility index (Phi) is 8.24. The Bertz CT molecular complexity index is 628. The third-order valence-corrected chi connectivity index (χ3v) is 9.64. The molecule has 0 aromatic rings. The molecule has 0 aliphatic carbocycles.